The molecule has 2 heterocycles. The number of hydrogen-bond donors (Lipinski definition) is 1. The van der Waals surface area contributed by atoms with E-state index in [4.69, 9.17) is 10.7 Å². The fraction of sp³-hybridized carbons (Fsp3) is 0.417. The number of anilines is 1. The van der Waals surface area contributed by atoms with E-state index in [0.29, 0.717) is 18.2 Å². The van der Waals surface area contributed by atoms with Crippen LogP contribution in [0.3, 0.4) is 0 Å². The van der Waals surface area contributed by atoms with Crippen LogP contribution in [0.5, 0.6) is 0 Å². The number of nitrogens with two attached hydrogens (primary N) is 1. The quantitative estimate of drug-likeness (QED) is 0.665. The van der Waals surface area contributed by atoms with E-state index in [0.717, 1.165) is 53.8 Å². The molecule has 2 aromatic carbocycles. The number of amides is 1. The van der Waals surface area contributed by atoms with Crippen LogP contribution in [0, 0.1) is 11.7 Å². The predicted molar refractivity (Wildman–Crippen MR) is 116 cm³/mol. The van der Waals surface area contributed by atoms with Gasteiger partial charge in [0.15, 0.2) is 0 Å². The Bertz CT molecular complexity index is 1150. The second kappa shape index (κ2) is 6.91. The molecule has 1 spiro atoms. The van der Waals surface area contributed by atoms with Gasteiger partial charge in [-0.2, -0.15) is 0 Å². The van der Waals surface area contributed by atoms with Crippen LogP contribution in [0.4, 0.5) is 10.1 Å². The van der Waals surface area contributed by atoms with Gasteiger partial charge in [0.25, 0.3) is 0 Å². The number of imidazole rings is 1. The van der Waals surface area contributed by atoms with E-state index in [1.807, 2.05) is 18.2 Å². The van der Waals surface area contributed by atoms with E-state index in [2.05, 4.69) is 24.5 Å². The van der Waals surface area contributed by atoms with E-state index in [1.165, 1.54) is 6.07 Å². The van der Waals surface area contributed by atoms with Gasteiger partial charge in [-0.3, -0.25) is 4.79 Å². The van der Waals surface area contributed by atoms with Crippen molar-refractivity contribution >= 4 is 22.6 Å². The van der Waals surface area contributed by atoms with Crippen LogP contribution >= 0.6 is 0 Å². The van der Waals surface area contributed by atoms with Crippen LogP contribution in [-0.4, -0.2) is 15.5 Å². The first-order valence-corrected chi connectivity index (χ1v) is 10.7. The van der Waals surface area contributed by atoms with Gasteiger partial charge in [0.05, 0.1) is 28.7 Å². The third kappa shape index (κ3) is 2.85. The van der Waals surface area contributed by atoms with Gasteiger partial charge in [0.2, 0.25) is 5.91 Å². The molecule has 2 aliphatic rings. The Morgan fingerprint density at radius 3 is 2.73 bits per heavy atom. The summed E-state index contributed by atoms with van der Waals surface area (Å²) in [4.78, 5) is 19.8. The number of rotatable bonds is 6. The first-order chi connectivity index (χ1) is 14.4. The first-order valence-electron chi connectivity index (χ1n) is 10.7. The lowest BCUT2D eigenvalue weighted by Crippen LogP contribution is -2.33. The van der Waals surface area contributed by atoms with E-state index in [9.17, 15) is 9.18 Å². The molecule has 1 aliphatic carbocycles. The van der Waals surface area contributed by atoms with Crippen LogP contribution in [-0.2, 0) is 29.8 Å². The van der Waals surface area contributed by atoms with Crippen molar-refractivity contribution in [2.75, 3.05) is 4.90 Å². The van der Waals surface area contributed by atoms with Gasteiger partial charge in [0.1, 0.15) is 11.6 Å². The maximum Gasteiger partial charge on any atom is 0.238 e. The summed E-state index contributed by atoms with van der Waals surface area (Å²) in [7, 11) is 0. The van der Waals surface area contributed by atoms with Gasteiger partial charge >= 0.3 is 0 Å². The maximum absolute atomic E-state index is 14.8. The summed E-state index contributed by atoms with van der Waals surface area (Å²) in [5.74, 6) is 1.01. The third-order valence-electron chi connectivity index (χ3n) is 6.53. The van der Waals surface area contributed by atoms with Gasteiger partial charge in [-0.05, 0) is 54.5 Å². The van der Waals surface area contributed by atoms with E-state index >= 15 is 0 Å². The fourth-order valence-corrected chi connectivity index (χ4v) is 4.66. The number of aryl methyl sites for hydroxylation is 1. The molecule has 1 amide bonds. The number of halogens is 1. The van der Waals surface area contributed by atoms with Crippen molar-refractivity contribution in [1.29, 1.82) is 0 Å². The average molecular weight is 407 g/mol. The lowest BCUT2D eigenvalue weighted by Gasteiger charge is -2.19. The molecule has 0 atom stereocenters. The summed E-state index contributed by atoms with van der Waals surface area (Å²) < 4.78 is 17.0. The molecule has 1 fully saturated rings. The highest BCUT2D eigenvalue weighted by atomic mass is 19.1. The smallest absolute Gasteiger partial charge is 0.238 e. The summed E-state index contributed by atoms with van der Waals surface area (Å²) in [5, 5.41) is 0. The average Bonchev–Trinajstić information content (AvgIpc) is 3.41. The molecule has 3 aromatic rings. The topological polar surface area (TPSA) is 64.2 Å². The minimum Gasteiger partial charge on any atom is -0.326 e. The minimum absolute atomic E-state index is 0.00714. The zero-order valence-corrected chi connectivity index (χ0v) is 17.5. The van der Waals surface area contributed by atoms with Crippen LogP contribution in [0.25, 0.3) is 11.0 Å². The molecule has 0 unspecified atom stereocenters. The van der Waals surface area contributed by atoms with Gasteiger partial charge in [0, 0.05) is 13.1 Å². The largest absolute Gasteiger partial charge is 0.326 e. The van der Waals surface area contributed by atoms with Crippen LogP contribution in [0.2, 0.25) is 0 Å². The number of benzene rings is 2. The summed E-state index contributed by atoms with van der Waals surface area (Å²) in [6.45, 7) is 5.92. The molecule has 156 valence electrons. The Balaban J connectivity index is 1.58. The van der Waals surface area contributed by atoms with Crippen molar-refractivity contribution in [3.63, 3.8) is 0 Å². The molecule has 5 nitrogen and oxygen atoms in total. The van der Waals surface area contributed by atoms with Crippen LogP contribution in [0.15, 0.2) is 36.4 Å². The third-order valence-corrected chi connectivity index (χ3v) is 6.53. The highest BCUT2D eigenvalue weighted by Gasteiger charge is 2.59. The van der Waals surface area contributed by atoms with Crippen molar-refractivity contribution in [3.05, 3.63) is 59.2 Å². The van der Waals surface area contributed by atoms with Crippen molar-refractivity contribution in [1.82, 2.24) is 9.55 Å². The Morgan fingerprint density at radius 2 is 2.03 bits per heavy atom. The summed E-state index contributed by atoms with van der Waals surface area (Å²) in [5.41, 5.74) is 9.49. The van der Waals surface area contributed by atoms with E-state index < -0.39 is 5.41 Å². The fourth-order valence-electron chi connectivity index (χ4n) is 4.66. The Morgan fingerprint density at radius 1 is 1.23 bits per heavy atom. The van der Waals surface area contributed by atoms with Crippen molar-refractivity contribution < 1.29 is 9.18 Å². The number of carbonyl (C=O) groups excluding carboxylic acids is 1. The molecule has 1 aromatic heterocycles. The number of fused-ring (bicyclic) bond motifs is 3. The number of hydrogen-bond acceptors (Lipinski definition) is 3. The Hall–Kier alpha value is -2.73. The molecule has 0 bridgehead atoms. The SMILES string of the molecule is CC(C)CCn1c(CN2C(=O)C3(CC3)c3cccc(F)c32)nc2cc(CN)ccc21. The van der Waals surface area contributed by atoms with Gasteiger partial charge in [-0.1, -0.05) is 32.0 Å². The standard InChI is InChI=1S/C24H27FN4O/c1-15(2)8-11-28-20-7-6-16(13-26)12-19(20)27-21(28)14-29-22-17(4-3-5-18(22)25)24(9-10-24)23(29)30/h3-7,12,15H,8-11,13-14,26H2,1-2H3. The molecule has 6 heteroatoms. The molecule has 0 radical (unpaired) electrons. The number of para-hydroxylation sites is 1. The Labute approximate surface area is 175 Å². The second-order valence-corrected chi connectivity index (χ2v) is 9.00. The molecular formula is C24H27FN4O. The summed E-state index contributed by atoms with van der Waals surface area (Å²) >= 11 is 0. The van der Waals surface area contributed by atoms with Crippen molar-refractivity contribution in [3.8, 4) is 0 Å². The van der Waals surface area contributed by atoms with Gasteiger partial charge < -0.3 is 15.2 Å². The molecule has 1 aliphatic heterocycles. The monoisotopic (exact) mass is 406 g/mol. The lowest BCUT2D eigenvalue weighted by molar-refractivity contribution is -0.120. The first kappa shape index (κ1) is 19.2. The normalized spacial score (nSPS) is 16.8. The molecule has 0 saturated heterocycles. The van der Waals surface area contributed by atoms with Gasteiger partial charge in [-0.15, -0.1) is 0 Å². The predicted octanol–water partition coefficient (Wildman–Crippen LogP) is 4.26. The zero-order chi connectivity index (χ0) is 21.0. The maximum atomic E-state index is 14.8. The van der Waals surface area contributed by atoms with Crippen molar-refractivity contribution in [2.24, 2.45) is 11.7 Å². The highest BCUT2D eigenvalue weighted by molar-refractivity contribution is 6.10. The van der Waals surface area contributed by atoms with E-state index in [1.54, 1.807) is 11.0 Å². The number of nitrogens with zero attached hydrogens (tertiary/aromatic N) is 3. The van der Waals surface area contributed by atoms with E-state index in [-0.39, 0.29) is 18.3 Å². The van der Waals surface area contributed by atoms with Crippen LogP contribution in [0.1, 0.15) is 50.1 Å². The number of carbonyl (C=O) groups is 1. The molecule has 5 rings (SSSR count). The summed E-state index contributed by atoms with van der Waals surface area (Å²) in [6.07, 6.45) is 2.59. The highest BCUT2D eigenvalue weighted by Crippen LogP contribution is 2.58. The zero-order valence-electron chi connectivity index (χ0n) is 17.5. The molecule has 1 saturated carbocycles. The minimum atomic E-state index is -0.515. The summed E-state index contributed by atoms with van der Waals surface area (Å²) in [6, 6.07) is 11.1. The van der Waals surface area contributed by atoms with Gasteiger partial charge in [-0.25, -0.2) is 9.37 Å². The Kier molecular flexibility index (Phi) is 4.43. The van der Waals surface area contributed by atoms with Crippen LogP contribution < -0.4 is 10.6 Å². The lowest BCUT2D eigenvalue weighted by atomic mass is 9.98. The molecule has 2 N–H and O–H groups in total. The second-order valence-electron chi connectivity index (χ2n) is 9.00. The molecular weight excluding hydrogens is 379 g/mol. The van der Waals surface area contributed by atoms with Crippen molar-refractivity contribution in [2.45, 2.75) is 58.2 Å². The number of aromatic nitrogens is 2. The molecule has 30 heavy (non-hydrogen) atoms.